The SMILES string of the molecule is CC1(C)CCCN(CCNC(=O)N2CCC(B3OC(C)(C)C(C)(C)O3)C2)C1. The molecular formula is C20H38BN3O3. The zero-order chi connectivity index (χ0) is 19.9. The third kappa shape index (κ3) is 4.80. The molecule has 0 saturated carbocycles. The first kappa shape index (κ1) is 20.9. The maximum atomic E-state index is 12.5. The summed E-state index contributed by atoms with van der Waals surface area (Å²) in [6.07, 6.45) is 3.48. The molecule has 2 amide bonds. The molecular weight excluding hydrogens is 341 g/mol. The third-order valence-corrected chi connectivity index (χ3v) is 6.85. The van der Waals surface area contributed by atoms with E-state index < -0.39 is 0 Å². The quantitative estimate of drug-likeness (QED) is 0.763. The first-order chi connectivity index (χ1) is 12.5. The number of hydrogen-bond donors (Lipinski definition) is 1. The predicted octanol–water partition coefficient (Wildman–Crippen LogP) is 2.99. The molecule has 0 bridgehead atoms. The second kappa shape index (κ2) is 7.56. The van der Waals surface area contributed by atoms with Crippen molar-refractivity contribution in [3.8, 4) is 0 Å². The van der Waals surface area contributed by atoms with Crippen molar-refractivity contribution in [2.24, 2.45) is 5.41 Å². The van der Waals surface area contributed by atoms with Crippen LogP contribution >= 0.6 is 0 Å². The van der Waals surface area contributed by atoms with Gasteiger partial charge in [0, 0.05) is 38.5 Å². The molecule has 0 radical (unpaired) electrons. The van der Waals surface area contributed by atoms with Crippen molar-refractivity contribution >= 4 is 13.1 Å². The van der Waals surface area contributed by atoms with Gasteiger partial charge in [-0.25, -0.2) is 4.79 Å². The van der Waals surface area contributed by atoms with Crippen molar-refractivity contribution in [2.45, 2.75) is 77.8 Å². The fourth-order valence-electron chi connectivity index (χ4n) is 4.44. The van der Waals surface area contributed by atoms with Gasteiger partial charge in [0.1, 0.15) is 0 Å². The number of nitrogens with one attached hydrogen (secondary N) is 1. The summed E-state index contributed by atoms with van der Waals surface area (Å²) in [4.78, 5) is 16.9. The Labute approximate surface area is 165 Å². The molecule has 3 aliphatic heterocycles. The molecule has 1 N–H and O–H groups in total. The van der Waals surface area contributed by atoms with Crippen LogP contribution in [-0.2, 0) is 9.31 Å². The van der Waals surface area contributed by atoms with Crippen molar-refractivity contribution in [1.82, 2.24) is 15.1 Å². The number of amides is 2. The Hall–Kier alpha value is -0.785. The van der Waals surface area contributed by atoms with Crippen LogP contribution in [0.15, 0.2) is 0 Å². The third-order valence-electron chi connectivity index (χ3n) is 6.85. The van der Waals surface area contributed by atoms with Gasteiger partial charge in [-0.1, -0.05) is 13.8 Å². The van der Waals surface area contributed by atoms with E-state index in [1.165, 1.54) is 12.8 Å². The summed E-state index contributed by atoms with van der Waals surface area (Å²) >= 11 is 0. The van der Waals surface area contributed by atoms with Gasteiger partial charge in [0.25, 0.3) is 0 Å². The highest BCUT2D eigenvalue weighted by atomic mass is 16.7. The van der Waals surface area contributed by atoms with Crippen molar-refractivity contribution < 1.29 is 14.1 Å². The lowest BCUT2D eigenvalue weighted by Crippen LogP contribution is -2.46. The van der Waals surface area contributed by atoms with Crippen molar-refractivity contribution in [1.29, 1.82) is 0 Å². The van der Waals surface area contributed by atoms with Crippen LogP contribution in [0.4, 0.5) is 4.79 Å². The Balaban J connectivity index is 1.41. The standard InChI is InChI=1S/C20H38BN3O3/c1-18(2)9-7-11-23(15-18)13-10-22-17(25)24-12-8-16(14-24)21-26-19(3,4)20(5,6)27-21/h16H,7-15H2,1-6H3,(H,22,25). The van der Waals surface area contributed by atoms with Gasteiger partial charge >= 0.3 is 13.1 Å². The molecule has 0 spiro atoms. The number of likely N-dealkylation sites (tertiary alicyclic amines) is 2. The van der Waals surface area contributed by atoms with Crippen LogP contribution in [-0.4, -0.2) is 73.4 Å². The van der Waals surface area contributed by atoms with E-state index >= 15 is 0 Å². The number of nitrogens with zero attached hydrogens (tertiary/aromatic N) is 2. The zero-order valence-electron chi connectivity index (χ0n) is 18.1. The molecule has 6 nitrogen and oxygen atoms in total. The summed E-state index contributed by atoms with van der Waals surface area (Å²) in [7, 11) is -0.219. The summed E-state index contributed by atoms with van der Waals surface area (Å²) in [5.41, 5.74) is -0.224. The summed E-state index contributed by atoms with van der Waals surface area (Å²) in [6.45, 7) is 18.4. The normalized spacial score (nSPS) is 29.9. The van der Waals surface area contributed by atoms with E-state index in [9.17, 15) is 4.79 Å². The molecule has 0 aliphatic carbocycles. The molecule has 7 heteroatoms. The van der Waals surface area contributed by atoms with Gasteiger partial charge in [0.15, 0.2) is 0 Å². The summed E-state index contributed by atoms with van der Waals surface area (Å²) in [5, 5.41) is 3.11. The van der Waals surface area contributed by atoms with E-state index in [4.69, 9.17) is 9.31 Å². The van der Waals surface area contributed by atoms with Crippen LogP contribution in [0.25, 0.3) is 0 Å². The monoisotopic (exact) mass is 379 g/mol. The van der Waals surface area contributed by atoms with Gasteiger partial charge < -0.3 is 24.4 Å². The summed E-state index contributed by atoms with van der Waals surface area (Å²) in [6, 6.07) is 0.0466. The molecule has 3 aliphatic rings. The van der Waals surface area contributed by atoms with E-state index in [2.05, 4.69) is 51.8 Å². The Bertz CT molecular complexity index is 537. The van der Waals surface area contributed by atoms with Gasteiger partial charge in [-0.05, 0) is 58.9 Å². The van der Waals surface area contributed by atoms with E-state index in [-0.39, 0.29) is 30.2 Å². The van der Waals surface area contributed by atoms with E-state index in [1.807, 2.05) is 4.90 Å². The molecule has 3 saturated heterocycles. The predicted molar refractivity (Wildman–Crippen MR) is 109 cm³/mol. The van der Waals surface area contributed by atoms with Gasteiger partial charge in [0.05, 0.1) is 11.2 Å². The van der Waals surface area contributed by atoms with E-state index in [0.29, 0.717) is 18.5 Å². The maximum Gasteiger partial charge on any atom is 0.463 e. The highest BCUT2D eigenvalue weighted by Gasteiger charge is 2.54. The van der Waals surface area contributed by atoms with Gasteiger partial charge in [-0.2, -0.15) is 0 Å². The topological polar surface area (TPSA) is 54.0 Å². The van der Waals surface area contributed by atoms with Crippen LogP contribution in [0.2, 0.25) is 5.82 Å². The Morgan fingerprint density at radius 2 is 1.78 bits per heavy atom. The second-order valence-electron chi connectivity index (χ2n) is 10.4. The molecule has 1 atom stereocenters. The second-order valence-corrected chi connectivity index (χ2v) is 10.4. The van der Waals surface area contributed by atoms with Crippen LogP contribution in [0.5, 0.6) is 0 Å². The average molecular weight is 379 g/mol. The van der Waals surface area contributed by atoms with Crippen LogP contribution < -0.4 is 5.32 Å². The largest absolute Gasteiger partial charge is 0.463 e. The number of hydrogen-bond acceptors (Lipinski definition) is 4. The number of carbonyl (C=O) groups excluding carboxylic acids is 1. The van der Waals surface area contributed by atoms with E-state index in [0.717, 1.165) is 32.6 Å². The summed E-state index contributed by atoms with van der Waals surface area (Å²) in [5.74, 6) is 0.250. The van der Waals surface area contributed by atoms with Crippen LogP contribution in [0.1, 0.15) is 60.8 Å². The molecule has 154 valence electrons. The highest BCUT2D eigenvalue weighted by molar-refractivity contribution is 6.47. The fourth-order valence-corrected chi connectivity index (χ4v) is 4.44. The van der Waals surface area contributed by atoms with Crippen molar-refractivity contribution in [2.75, 3.05) is 39.3 Å². The van der Waals surface area contributed by atoms with Gasteiger partial charge in [-0.3, -0.25) is 0 Å². The van der Waals surface area contributed by atoms with Crippen molar-refractivity contribution in [3.05, 3.63) is 0 Å². The number of piperidine rings is 1. The lowest BCUT2D eigenvalue weighted by atomic mass is 9.71. The molecule has 27 heavy (non-hydrogen) atoms. The molecule has 1 unspecified atom stereocenters. The number of rotatable bonds is 4. The minimum atomic E-state index is -0.310. The number of urea groups is 1. The Kier molecular flexibility index (Phi) is 5.86. The lowest BCUT2D eigenvalue weighted by Gasteiger charge is -2.38. The lowest BCUT2D eigenvalue weighted by molar-refractivity contribution is 0.00578. The van der Waals surface area contributed by atoms with E-state index in [1.54, 1.807) is 0 Å². The minimum Gasteiger partial charge on any atom is -0.403 e. The minimum absolute atomic E-state index is 0.0466. The molecule has 3 heterocycles. The Morgan fingerprint density at radius 3 is 2.41 bits per heavy atom. The fraction of sp³-hybridized carbons (Fsp3) is 0.950. The maximum absolute atomic E-state index is 12.5. The van der Waals surface area contributed by atoms with Crippen LogP contribution in [0.3, 0.4) is 0 Å². The molecule has 0 aromatic rings. The highest BCUT2D eigenvalue weighted by Crippen LogP contribution is 2.42. The van der Waals surface area contributed by atoms with Gasteiger partial charge in [0.2, 0.25) is 0 Å². The molecule has 0 aromatic heterocycles. The molecule has 0 aromatic carbocycles. The number of carbonyl (C=O) groups is 1. The van der Waals surface area contributed by atoms with Crippen LogP contribution in [0, 0.1) is 5.41 Å². The first-order valence-corrected chi connectivity index (χ1v) is 10.6. The van der Waals surface area contributed by atoms with Crippen molar-refractivity contribution in [3.63, 3.8) is 0 Å². The molecule has 3 rings (SSSR count). The van der Waals surface area contributed by atoms with Gasteiger partial charge in [-0.15, -0.1) is 0 Å². The average Bonchev–Trinajstić information content (AvgIpc) is 3.09. The molecule has 3 fully saturated rings. The first-order valence-electron chi connectivity index (χ1n) is 10.6. The smallest absolute Gasteiger partial charge is 0.403 e. The zero-order valence-corrected chi connectivity index (χ0v) is 18.1. The Morgan fingerprint density at radius 1 is 1.11 bits per heavy atom. The summed E-state index contributed by atoms with van der Waals surface area (Å²) < 4.78 is 12.3.